The standard InChI is InChI=1S/C25H25FN2O4/c1-14-22(25(30)28-16-9-7-15(26)8-10-16)23(24-19(27-14)5-4-6-20(24)29)18-12-11-17(31-2)13-21(18)32-3/h7-13,23,27H,4-6H2,1-3H3,(H,28,30). The number of dihydropyridines is 1. The van der Waals surface area contributed by atoms with Crippen LogP contribution in [0.25, 0.3) is 0 Å². The molecule has 166 valence electrons. The third-order valence-corrected chi connectivity index (χ3v) is 5.87. The molecule has 1 atom stereocenters. The quantitative estimate of drug-likeness (QED) is 0.724. The number of hydrogen-bond acceptors (Lipinski definition) is 5. The first-order valence-corrected chi connectivity index (χ1v) is 10.5. The largest absolute Gasteiger partial charge is 0.497 e. The summed E-state index contributed by atoms with van der Waals surface area (Å²) in [7, 11) is 3.11. The van der Waals surface area contributed by atoms with Gasteiger partial charge in [-0.2, -0.15) is 0 Å². The summed E-state index contributed by atoms with van der Waals surface area (Å²) in [5.41, 5.74) is 3.70. The van der Waals surface area contributed by atoms with E-state index < -0.39 is 5.92 Å². The lowest BCUT2D eigenvalue weighted by Gasteiger charge is -2.35. The number of amides is 1. The number of anilines is 1. The molecular formula is C25H25FN2O4. The van der Waals surface area contributed by atoms with Crippen LogP contribution in [0.5, 0.6) is 11.5 Å². The zero-order chi connectivity index (χ0) is 22.8. The van der Waals surface area contributed by atoms with Gasteiger partial charge in [-0.05, 0) is 50.1 Å². The number of allylic oxidation sites excluding steroid dienone is 3. The topological polar surface area (TPSA) is 76.7 Å². The van der Waals surface area contributed by atoms with Gasteiger partial charge in [-0.1, -0.05) is 6.07 Å². The van der Waals surface area contributed by atoms with Crippen molar-refractivity contribution >= 4 is 17.4 Å². The van der Waals surface area contributed by atoms with Gasteiger partial charge in [-0.3, -0.25) is 9.59 Å². The first kappa shape index (κ1) is 21.6. The highest BCUT2D eigenvalue weighted by Crippen LogP contribution is 2.45. The second kappa shape index (κ2) is 8.86. The minimum absolute atomic E-state index is 0.0150. The molecule has 0 spiro atoms. The van der Waals surface area contributed by atoms with Crippen LogP contribution in [-0.2, 0) is 9.59 Å². The fraction of sp³-hybridized carbons (Fsp3) is 0.280. The average molecular weight is 436 g/mol. The maximum atomic E-state index is 13.4. The first-order valence-electron chi connectivity index (χ1n) is 10.5. The van der Waals surface area contributed by atoms with E-state index in [0.717, 1.165) is 18.5 Å². The summed E-state index contributed by atoms with van der Waals surface area (Å²) in [6.45, 7) is 1.82. The Hall–Kier alpha value is -3.61. The summed E-state index contributed by atoms with van der Waals surface area (Å²) in [6.07, 6.45) is 1.93. The summed E-state index contributed by atoms with van der Waals surface area (Å²) in [4.78, 5) is 26.5. The van der Waals surface area contributed by atoms with Crippen LogP contribution < -0.4 is 20.1 Å². The second-order valence-corrected chi connectivity index (χ2v) is 7.83. The molecule has 6 nitrogen and oxygen atoms in total. The third-order valence-electron chi connectivity index (χ3n) is 5.87. The van der Waals surface area contributed by atoms with Crippen LogP contribution in [0, 0.1) is 5.82 Å². The normalized spacial score (nSPS) is 18.1. The van der Waals surface area contributed by atoms with Gasteiger partial charge in [0.15, 0.2) is 5.78 Å². The fourth-order valence-electron chi connectivity index (χ4n) is 4.38. The zero-order valence-corrected chi connectivity index (χ0v) is 18.3. The molecule has 7 heteroatoms. The van der Waals surface area contributed by atoms with Gasteiger partial charge in [0.05, 0.1) is 20.1 Å². The number of carbonyl (C=O) groups is 2. The van der Waals surface area contributed by atoms with E-state index in [0.29, 0.717) is 46.0 Å². The molecule has 1 amide bonds. The average Bonchev–Trinajstić information content (AvgIpc) is 2.79. The van der Waals surface area contributed by atoms with E-state index in [2.05, 4.69) is 10.6 Å². The number of rotatable bonds is 5. The van der Waals surface area contributed by atoms with Crippen molar-refractivity contribution in [2.45, 2.75) is 32.1 Å². The summed E-state index contributed by atoms with van der Waals surface area (Å²) >= 11 is 0. The lowest BCUT2D eigenvalue weighted by molar-refractivity contribution is -0.116. The number of methoxy groups -OCH3 is 2. The molecule has 0 saturated carbocycles. The van der Waals surface area contributed by atoms with Gasteiger partial charge in [0.1, 0.15) is 17.3 Å². The van der Waals surface area contributed by atoms with E-state index in [9.17, 15) is 14.0 Å². The Morgan fingerprint density at radius 3 is 2.53 bits per heavy atom. The van der Waals surface area contributed by atoms with Crippen molar-refractivity contribution in [3.8, 4) is 11.5 Å². The molecule has 0 saturated heterocycles. The molecule has 0 bridgehead atoms. The number of halogens is 1. The Morgan fingerprint density at radius 1 is 1.09 bits per heavy atom. The number of nitrogens with one attached hydrogen (secondary N) is 2. The van der Waals surface area contributed by atoms with Crippen molar-refractivity contribution in [1.82, 2.24) is 5.32 Å². The van der Waals surface area contributed by atoms with Gasteiger partial charge in [-0.25, -0.2) is 4.39 Å². The summed E-state index contributed by atoms with van der Waals surface area (Å²) < 4.78 is 24.2. The summed E-state index contributed by atoms with van der Waals surface area (Å²) in [5.74, 6) is -0.194. The van der Waals surface area contributed by atoms with E-state index in [1.54, 1.807) is 26.4 Å². The van der Waals surface area contributed by atoms with Crippen molar-refractivity contribution < 1.29 is 23.5 Å². The molecule has 0 radical (unpaired) electrons. The number of Topliss-reactive ketones (excluding diaryl/α,β-unsaturated/α-hetero) is 1. The molecule has 1 unspecified atom stereocenters. The molecule has 2 aliphatic rings. The molecule has 0 fully saturated rings. The third kappa shape index (κ3) is 3.98. The van der Waals surface area contributed by atoms with Gasteiger partial charge in [-0.15, -0.1) is 0 Å². The molecule has 2 aromatic rings. The second-order valence-electron chi connectivity index (χ2n) is 7.83. The fourth-order valence-corrected chi connectivity index (χ4v) is 4.38. The number of ether oxygens (including phenoxy) is 2. The monoisotopic (exact) mass is 436 g/mol. The summed E-state index contributed by atoms with van der Waals surface area (Å²) in [5, 5.41) is 6.12. The van der Waals surface area contributed by atoms with Gasteiger partial charge in [0, 0.05) is 46.3 Å². The lowest BCUT2D eigenvalue weighted by atomic mass is 9.74. The van der Waals surface area contributed by atoms with Crippen molar-refractivity contribution in [2.24, 2.45) is 0 Å². The summed E-state index contributed by atoms with van der Waals surface area (Å²) in [6, 6.07) is 10.9. The molecule has 32 heavy (non-hydrogen) atoms. The van der Waals surface area contributed by atoms with Gasteiger partial charge in [0.25, 0.3) is 5.91 Å². The Morgan fingerprint density at radius 2 is 1.84 bits per heavy atom. The molecule has 0 aromatic heterocycles. The van der Waals surface area contributed by atoms with E-state index in [1.165, 1.54) is 24.3 Å². The number of carbonyl (C=O) groups excluding carboxylic acids is 2. The van der Waals surface area contributed by atoms with Crippen LogP contribution >= 0.6 is 0 Å². The maximum absolute atomic E-state index is 13.4. The number of ketones is 1. The first-order chi connectivity index (χ1) is 15.4. The Balaban J connectivity index is 1.83. The van der Waals surface area contributed by atoms with Crippen LogP contribution in [0.2, 0.25) is 0 Å². The number of hydrogen-bond donors (Lipinski definition) is 2. The Labute approximate surface area is 186 Å². The van der Waals surface area contributed by atoms with Gasteiger partial charge < -0.3 is 20.1 Å². The highest BCUT2D eigenvalue weighted by atomic mass is 19.1. The predicted molar refractivity (Wildman–Crippen MR) is 119 cm³/mol. The maximum Gasteiger partial charge on any atom is 0.254 e. The molecule has 1 aliphatic carbocycles. The van der Waals surface area contributed by atoms with E-state index >= 15 is 0 Å². The minimum Gasteiger partial charge on any atom is -0.497 e. The minimum atomic E-state index is -0.597. The van der Waals surface area contributed by atoms with Crippen molar-refractivity contribution in [1.29, 1.82) is 0 Å². The highest BCUT2D eigenvalue weighted by Gasteiger charge is 2.39. The molecular weight excluding hydrogens is 411 g/mol. The van der Waals surface area contributed by atoms with Gasteiger partial charge >= 0.3 is 0 Å². The zero-order valence-electron chi connectivity index (χ0n) is 18.3. The smallest absolute Gasteiger partial charge is 0.254 e. The van der Waals surface area contributed by atoms with Crippen LogP contribution in [0.1, 0.15) is 37.7 Å². The Bertz CT molecular complexity index is 1140. The highest BCUT2D eigenvalue weighted by molar-refractivity contribution is 6.09. The SMILES string of the molecule is COc1ccc(C2C(C(=O)Nc3ccc(F)cc3)=C(C)NC3=C2C(=O)CCC3)c(OC)c1. The van der Waals surface area contributed by atoms with E-state index in [1.807, 2.05) is 13.0 Å². The van der Waals surface area contributed by atoms with Crippen LogP contribution in [0.4, 0.5) is 10.1 Å². The van der Waals surface area contributed by atoms with E-state index in [4.69, 9.17) is 9.47 Å². The molecule has 4 rings (SSSR count). The van der Waals surface area contributed by atoms with Crippen molar-refractivity contribution in [2.75, 3.05) is 19.5 Å². The van der Waals surface area contributed by atoms with Crippen molar-refractivity contribution in [3.63, 3.8) is 0 Å². The van der Waals surface area contributed by atoms with E-state index in [-0.39, 0.29) is 17.5 Å². The van der Waals surface area contributed by atoms with Crippen LogP contribution in [0.15, 0.2) is 65.0 Å². The predicted octanol–water partition coefficient (Wildman–Crippen LogP) is 4.45. The van der Waals surface area contributed by atoms with Crippen LogP contribution in [0.3, 0.4) is 0 Å². The molecule has 1 aliphatic heterocycles. The number of benzene rings is 2. The molecule has 1 heterocycles. The molecule has 2 aromatic carbocycles. The van der Waals surface area contributed by atoms with Gasteiger partial charge in [0.2, 0.25) is 0 Å². The molecule has 2 N–H and O–H groups in total. The Kier molecular flexibility index (Phi) is 5.99. The van der Waals surface area contributed by atoms with Crippen molar-refractivity contribution in [3.05, 3.63) is 76.4 Å². The van der Waals surface area contributed by atoms with Crippen LogP contribution in [-0.4, -0.2) is 25.9 Å². The lowest BCUT2D eigenvalue weighted by Crippen LogP contribution is -2.35.